The second-order valence-electron chi connectivity index (χ2n) is 2.21. The Morgan fingerprint density at radius 3 is 2.38 bits per heavy atom. The third kappa shape index (κ3) is 2.69. The fourth-order valence-corrected chi connectivity index (χ4v) is 2.14. The van der Waals surface area contributed by atoms with Crippen molar-refractivity contribution in [2.24, 2.45) is 5.73 Å². The number of benzene rings is 1. The zero-order valence-corrected chi connectivity index (χ0v) is 11.0. The summed E-state index contributed by atoms with van der Waals surface area (Å²) in [6.07, 6.45) is 0. The van der Waals surface area contributed by atoms with E-state index in [2.05, 4.69) is 53.1 Å². The first-order valence-electron chi connectivity index (χ1n) is 3.22. The van der Waals surface area contributed by atoms with Gasteiger partial charge >= 0.3 is 6.03 Å². The Morgan fingerprint density at radius 2 is 1.85 bits per heavy atom. The van der Waals surface area contributed by atoms with Crippen LogP contribution in [0.4, 0.5) is 10.5 Å². The Morgan fingerprint density at radius 1 is 1.23 bits per heavy atom. The van der Waals surface area contributed by atoms with Gasteiger partial charge in [-0.3, -0.25) is 0 Å². The van der Waals surface area contributed by atoms with E-state index < -0.39 is 6.03 Å². The summed E-state index contributed by atoms with van der Waals surface area (Å²) in [4.78, 5) is 10.6. The lowest BCUT2D eigenvalue weighted by Gasteiger charge is -2.07. The van der Waals surface area contributed by atoms with Crippen LogP contribution in [0, 0.1) is 0 Å². The number of nitrogens with two attached hydrogens (primary N) is 1. The lowest BCUT2D eigenvalue weighted by molar-refractivity contribution is 0.259. The first-order valence-corrected chi connectivity index (χ1v) is 5.60. The molecule has 0 spiro atoms. The van der Waals surface area contributed by atoms with Crippen molar-refractivity contribution >= 4 is 59.5 Å². The fourth-order valence-electron chi connectivity index (χ4n) is 0.755. The van der Waals surface area contributed by atoms with Crippen molar-refractivity contribution in [2.75, 3.05) is 5.32 Å². The van der Waals surface area contributed by atoms with Gasteiger partial charge in [0.1, 0.15) is 0 Å². The van der Waals surface area contributed by atoms with Crippen LogP contribution in [0.5, 0.6) is 0 Å². The van der Waals surface area contributed by atoms with Crippen molar-refractivity contribution in [1.82, 2.24) is 0 Å². The van der Waals surface area contributed by atoms with Gasteiger partial charge in [-0.2, -0.15) is 0 Å². The van der Waals surface area contributed by atoms with Gasteiger partial charge in [0.15, 0.2) is 0 Å². The van der Waals surface area contributed by atoms with Gasteiger partial charge in [-0.25, -0.2) is 4.79 Å². The van der Waals surface area contributed by atoms with Gasteiger partial charge in [0.25, 0.3) is 0 Å². The molecule has 0 saturated heterocycles. The molecule has 0 aliphatic rings. The quantitative estimate of drug-likeness (QED) is 0.729. The van der Waals surface area contributed by atoms with E-state index >= 15 is 0 Å². The summed E-state index contributed by atoms with van der Waals surface area (Å²) in [5.74, 6) is 0. The molecule has 0 atom stereocenters. The van der Waals surface area contributed by atoms with Gasteiger partial charge in [-0.15, -0.1) is 0 Å². The SMILES string of the molecule is NC(=O)Nc1ccc(Br)c(Br)c1Br. The van der Waals surface area contributed by atoms with Gasteiger partial charge in [0, 0.05) is 8.95 Å². The van der Waals surface area contributed by atoms with Gasteiger partial charge in [-0.05, 0) is 59.9 Å². The Kier molecular flexibility index (Phi) is 3.75. The topological polar surface area (TPSA) is 55.1 Å². The number of anilines is 1. The third-order valence-corrected chi connectivity index (χ3v) is 4.67. The summed E-state index contributed by atoms with van der Waals surface area (Å²) in [6.45, 7) is 0. The predicted octanol–water partition coefficient (Wildman–Crippen LogP) is 3.46. The minimum Gasteiger partial charge on any atom is -0.351 e. The number of amides is 2. The predicted molar refractivity (Wildman–Crippen MR) is 62.7 cm³/mol. The smallest absolute Gasteiger partial charge is 0.316 e. The standard InChI is InChI=1S/C7H5Br3N2O/c8-3-1-2-4(12-7(11)13)6(10)5(3)9/h1-2H,(H3,11,12,13). The number of hydrogen-bond donors (Lipinski definition) is 2. The molecule has 13 heavy (non-hydrogen) atoms. The Bertz CT molecular complexity index is 354. The Balaban J connectivity index is 3.10. The number of rotatable bonds is 1. The minimum absolute atomic E-state index is 0.588. The largest absolute Gasteiger partial charge is 0.351 e. The molecule has 2 amide bonds. The summed E-state index contributed by atoms with van der Waals surface area (Å²) < 4.78 is 2.48. The monoisotopic (exact) mass is 370 g/mol. The molecule has 0 heterocycles. The molecule has 0 aliphatic carbocycles. The highest BCUT2D eigenvalue weighted by molar-refractivity contribution is 9.14. The molecule has 0 aliphatic heterocycles. The molecule has 0 radical (unpaired) electrons. The third-order valence-electron chi connectivity index (χ3n) is 1.29. The number of primary amides is 1. The maximum atomic E-state index is 10.6. The number of hydrogen-bond acceptors (Lipinski definition) is 1. The van der Waals surface area contributed by atoms with E-state index in [9.17, 15) is 4.79 Å². The highest BCUT2D eigenvalue weighted by atomic mass is 79.9. The van der Waals surface area contributed by atoms with Gasteiger partial charge in [0.2, 0.25) is 0 Å². The summed E-state index contributed by atoms with van der Waals surface area (Å²) in [7, 11) is 0. The number of carbonyl (C=O) groups is 1. The lowest BCUT2D eigenvalue weighted by Crippen LogP contribution is -2.19. The maximum absolute atomic E-state index is 10.6. The first-order chi connectivity index (χ1) is 6.02. The van der Waals surface area contributed by atoms with E-state index in [4.69, 9.17) is 5.73 Å². The average Bonchev–Trinajstić information content (AvgIpc) is 2.06. The molecule has 0 fully saturated rings. The molecule has 0 bridgehead atoms. The molecular weight excluding hydrogens is 368 g/mol. The molecule has 1 rings (SSSR count). The second-order valence-corrected chi connectivity index (χ2v) is 4.65. The minimum atomic E-state index is -0.588. The van der Waals surface area contributed by atoms with Crippen molar-refractivity contribution < 1.29 is 4.79 Å². The highest BCUT2D eigenvalue weighted by Crippen LogP contribution is 2.36. The van der Waals surface area contributed by atoms with Crippen LogP contribution in [0.2, 0.25) is 0 Å². The molecular formula is C7H5Br3N2O. The zero-order chi connectivity index (χ0) is 10.0. The van der Waals surface area contributed by atoms with Crippen molar-refractivity contribution in [3.8, 4) is 0 Å². The summed E-state index contributed by atoms with van der Waals surface area (Å²) in [6, 6.07) is 2.96. The molecule has 0 unspecified atom stereocenters. The number of halogens is 3. The van der Waals surface area contributed by atoms with E-state index in [0.29, 0.717) is 5.69 Å². The van der Waals surface area contributed by atoms with Gasteiger partial charge < -0.3 is 11.1 Å². The average molecular weight is 373 g/mol. The number of urea groups is 1. The first kappa shape index (κ1) is 11.0. The molecule has 70 valence electrons. The molecule has 3 nitrogen and oxygen atoms in total. The normalized spacial score (nSPS) is 9.77. The number of carbonyl (C=O) groups excluding carboxylic acids is 1. The maximum Gasteiger partial charge on any atom is 0.316 e. The van der Waals surface area contributed by atoms with Crippen LogP contribution in [0.25, 0.3) is 0 Å². The van der Waals surface area contributed by atoms with Crippen molar-refractivity contribution in [1.29, 1.82) is 0 Å². The Labute approximate surface area is 100 Å². The summed E-state index contributed by atoms with van der Waals surface area (Å²) >= 11 is 9.97. The van der Waals surface area contributed by atoms with E-state index in [-0.39, 0.29) is 0 Å². The Hall–Kier alpha value is -0.0700. The zero-order valence-electron chi connectivity index (χ0n) is 6.27. The van der Waals surface area contributed by atoms with E-state index in [1.807, 2.05) is 0 Å². The van der Waals surface area contributed by atoms with Crippen LogP contribution < -0.4 is 11.1 Å². The molecule has 0 saturated carbocycles. The van der Waals surface area contributed by atoms with Crippen LogP contribution in [0.1, 0.15) is 0 Å². The fraction of sp³-hybridized carbons (Fsp3) is 0. The second kappa shape index (κ2) is 4.43. The van der Waals surface area contributed by atoms with Crippen LogP contribution >= 0.6 is 47.8 Å². The van der Waals surface area contributed by atoms with E-state index in [1.165, 1.54) is 0 Å². The van der Waals surface area contributed by atoms with Gasteiger partial charge in [-0.1, -0.05) is 0 Å². The molecule has 3 N–H and O–H groups in total. The summed E-state index contributed by atoms with van der Waals surface area (Å²) in [5, 5.41) is 2.48. The van der Waals surface area contributed by atoms with E-state index in [1.54, 1.807) is 12.1 Å². The van der Waals surface area contributed by atoms with Crippen molar-refractivity contribution in [2.45, 2.75) is 0 Å². The van der Waals surface area contributed by atoms with Crippen LogP contribution in [0.3, 0.4) is 0 Å². The van der Waals surface area contributed by atoms with E-state index in [0.717, 1.165) is 13.4 Å². The molecule has 6 heteroatoms. The van der Waals surface area contributed by atoms with Crippen LogP contribution in [-0.4, -0.2) is 6.03 Å². The molecule has 0 aromatic heterocycles. The van der Waals surface area contributed by atoms with Crippen LogP contribution in [-0.2, 0) is 0 Å². The van der Waals surface area contributed by atoms with Crippen molar-refractivity contribution in [3.63, 3.8) is 0 Å². The number of nitrogens with one attached hydrogen (secondary N) is 1. The van der Waals surface area contributed by atoms with Gasteiger partial charge in [0.05, 0.1) is 10.2 Å². The highest BCUT2D eigenvalue weighted by Gasteiger charge is 2.08. The molecule has 1 aromatic rings. The summed E-state index contributed by atoms with van der Waals surface area (Å²) in [5.41, 5.74) is 5.61. The lowest BCUT2D eigenvalue weighted by atomic mass is 10.3. The van der Waals surface area contributed by atoms with Crippen molar-refractivity contribution in [3.05, 3.63) is 25.6 Å². The molecule has 1 aromatic carbocycles. The van der Waals surface area contributed by atoms with Crippen LogP contribution in [0.15, 0.2) is 25.6 Å².